The number of nitrogens with one attached hydrogen (secondary N) is 1. The Morgan fingerprint density at radius 1 is 0.544 bits per heavy atom. The van der Waals surface area contributed by atoms with Gasteiger partial charge in [0.05, 0.1) is 13.2 Å². The fourth-order valence-electron chi connectivity index (χ4n) is 5.30. The van der Waals surface area contributed by atoms with Gasteiger partial charge in [-0.25, -0.2) is 4.57 Å². The van der Waals surface area contributed by atoms with Crippen LogP contribution in [0.1, 0.15) is 155 Å². The van der Waals surface area contributed by atoms with Crippen LogP contribution in [0, 0.1) is 0 Å². The Bertz CT molecular complexity index is 1250. The maximum absolute atomic E-state index is 12.1. The van der Waals surface area contributed by atoms with E-state index in [1.165, 1.54) is 25.7 Å². The van der Waals surface area contributed by atoms with Crippen molar-refractivity contribution < 1.29 is 37.9 Å². The number of carbonyl (C=O) groups excluding carboxylic acids is 2. The van der Waals surface area contributed by atoms with E-state index >= 15 is 0 Å². The first-order chi connectivity index (χ1) is 27.8. The highest BCUT2D eigenvalue weighted by Crippen LogP contribution is 2.42. The number of allylic oxidation sites excluding steroid dienone is 16. The van der Waals surface area contributed by atoms with Crippen LogP contribution in [0.5, 0.6) is 0 Å². The van der Waals surface area contributed by atoms with Crippen LogP contribution in [0.4, 0.5) is 0 Å². The van der Waals surface area contributed by atoms with Gasteiger partial charge >= 0.3 is 13.8 Å². The Morgan fingerprint density at radius 2 is 0.947 bits per heavy atom. The molecule has 3 N–H and O–H groups in total. The third kappa shape index (κ3) is 43.9. The van der Waals surface area contributed by atoms with Crippen molar-refractivity contribution >= 4 is 19.7 Å². The van der Waals surface area contributed by atoms with Crippen molar-refractivity contribution in [1.29, 1.82) is 0 Å². The Hall–Kier alpha value is -3.07. The molecule has 10 heteroatoms. The summed E-state index contributed by atoms with van der Waals surface area (Å²) in [5.74, 6) is -0.568. The second kappa shape index (κ2) is 42.5. The van der Waals surface area contributed by atoms with E-state index in [2.05, 4.69) is 116 Å². The van der Waals surface area contributed by atoms with Gasteiger partial charge in [0.2, 0.25) is 5.91 Å². The summed E-state index contributed by atoms with van der Waals surface area (Å²) in [6.45, 7) is 3.26. The van der Waals surface area contributed by atoms with Gasteiger partial charge in [-0.1, -0.05) is 150 Å². The van der Waals surface area contributed by atoms with Crippen molar-refractivity contribution in [3.05, 3.63) is 97.2 Å². The molecule has 0 aliphatic rings. The summed E-state index contributed by atoms with van der Waals surface area (Å²) in [4.78, 5) is 33.9. The third-order valence-electron chi connectivity index (χ3n) is 8.51. The second-order valence-electron chi connectivity index (χ2n) is 13.9. The fraction of sp³-hybridized carbons (Fsp3) is 0.617. The largest absolute Gasteiger partial charge is 0.472 e. The molecular weight excluding hydrogens is 737 g/mol. The van der Waals surface area contributed by atoms with Crippen molar-refractivity contribution in [3.8, 4) is 0 Å². The summed E-state index contributed by atoms with van der Waals surface area (Å²) in [6.07, 6.45) is 54.8. The molecule has 0 heterocycles. The van der Waals surface area contributed by atoms with Gasteiger partial charge in [-0.3, -0.25) is 18.6 Å². The lowest BCUT2D eigenvalue weighted by Gasteiger charge is -2.15. The zero-order valence-electron chi connectivity index (χ0n) is 35.5. The number of amides is 1. The minimum Gasteiger partial charge on any atom is -0.463 e. The van der Waals surface area contributed by atoms with E-state index in [0.717, 1.165) is 96.3 Å². The van der Waals surface area contributed by atoms with Gasteiger partial charge in [0.1, 0.15) is 12.7 Å². The Labute approximate surface area is 346 Å². The maximum Gasteiger partial charge on any atom is 0.472 e. The van der Waals surface area contributed by atoms with Crippen molar-refractivity contribution in [3.63, 3.8) is 0 Å². The second-order valence-corrected chi connectivity index (χ2v) is 15.4. The van der Waals surface area contributed by atoms with Gasteiger partial charge in [0.25, 0.3) is 0 Å². The predicted octanol–water partition coefficient (Wildman–Crippen LogP) is 12.2. The number of hydrogen-bond acceptors (Lipinski definition) is 7. The molecule has 0 rings (SSSR count). The van der Waals surface area contributed by atoms with Gasteiger partial charge < -0.3 is 20.1 Å². The highest BCUT2D eigenvalue weighted by atomic mass is 31.2. The van der Waals surface area contributed by atoms with Gasteiger partial charge in [0.15, 0.2) is 0 Å². The average molecular weight is 816 g/mol. The lowest BCUT2D eigenvalue weighted by Crippen LogP contribution is -2.27. The number of aliphatic hydroxyl groups is 1. The van der Waals surface area contributed by atoms with Gasteiger partial charge in [-0.2, -0.15) is 0 Å². The van der Waals surface area contributed by atoms with Gasteiger partial charge in [0, 0.05) is 19.4 Å². The summed E-state index contributed by atoms with van der Waals surface area (Å²) in [5, 5.41) is 12.7. The Kier molecular flexibility index (Phi) is 40.2. The molecule has 0 saturated heterocycles. The number of aliphatic hydroxyl groups excluding tert-OH is 1. The molecule has 324 valence electrons. The Morgan fingerprint density at radius 3 is 1.44 bits per heavy atom. The van der Waals surface area contributed by atoms with Crippen molar-refractivity contribution in [2.75, 3.05) is 26.4 Å². The molecule has 2 unspecified atom stereocenters. The summed E-state index contributed by atoms with van der Waals surface area (Å²) in [7, 11) is -4.44. The molecule has 0 bridgehead atoms. The number of unbranched alkanes of at least 4 members (excludes halogenated alkanes) is 10. The normalized spacial score (nSPS) is 14.2. The molecule has 0 aromatic rings. The molecular formula is C47H78NO8P. The fourth-order valence-corrected chi connectivity index (χ4v) is 6.06. The van der Waals surface area contributed by atoms with Crippen LogP contribution in [0.3, 0.4) is 0 Å². The first kappa shape index (κ1) is 53.9. The van der Waals surface area contributed by atoms with E-state index in [4.69, 9.17) is 13.8 Å². The molecule has 0 aliphatic carbocycles. The molecule has 0 fully saturated rings. The highest BCUT2D eigenvalue weighted by molar-refractivity contribution is 7.47. The third-order valence-corrected chi connectivity index (χ3v) is 9.49. The molecule has 1 amide bonds. The average Bonchev–Trinajstić information content (AvgIpc) is 3.20. The highest BCUT2D eigenvalue weighted by Gasteiger charge is 2.23. The molecule has 0 aliphatic heterocycles. The number of esters is 1. The van der Waals surface area contributed by atoms with E-state index < -0.39 is 26.5 Å². The lowest BCUT2D eigenvalue weighted by atomic mass is 10.1. The first-order valence-corrected chi connectivity index (χ1v) is 23.2. The zero-order valence-corrected chi connectivity index (χ0v) is 36.4. The molecule has 0 saturated carbocycles. The van der Waals surface area contributed by atoms with Crippen LogP contribution >= 0.6 is 7.82 Å². The van der Waals surface area contributed by atoms with Crippen LogP contribution < -0.4 is 5.32 Å². The molecule has 0 aromatic carbocycles. The zero-order chi connectivity index (χ0) is 41.8. The van der Waals surface area contributed by atoms with Crippen molar-refractivity contribution in [2.24, 2.45) is 0 Å². The summed E-state index contributed by atoms with van der Waals surface area (Å²) in [6, 6.07) is 0. The SMILES string of the molecule is CC/C=C\C/C=C\C/C=C\C/C=C\C/C=C\CCCCCC(=O)OCC(O)COP(=O)(O)OCCNC(=O)CCCCCCCCC/C=C\C/C=C\C/C=C\CC. The number of hydrogen-bond donors (Lipinski definition) is 3. The van der Waals surface area contributed by atoms with Crippen LogP contribution in [0.25, 0.3) is 0 Å². The van der Waals surface area contributed by atoms with E-state index in [1.54, 1.807) is 0 Å². The Balaban J connectivity index is 3.70. The predicted molar refractivity (Wildman–Crippen MR) is 238 cm³/mol. The molecule has 2 atom stereocenters. The van der Waals surface area contributed by atoms with Crippen LogP contribution in [0.15, 0.2) is 97.2 Å². The van der Waals surface area contributed by atoms with Crippen LogP contribution in [-0.4, -0.2) is 54.3 Å². The van der Waals surface area contributed by atoms with Crippen LogP contribution in [0.2, 0.25) is 0 Å². The van der Waals surface area contributed by atoms with E-state index in [1.807, 2.05) is 0 Å². The monoisotopic (exact) mass is 816 g/mol. The quantitative estimate of drug-likeness (QED) is 0.0242. The number of phosphoric ester groups is 1. The van der Waals surface area contributed by atoms with E-state index in [9.17, 15) is 24.2 Å². The smallest absolute Gasteiger partial charge is 0.463 e. The van der Waals surface area contributed by atoms with E-state index in [-0.39, 0.29) is 32.1 Å². The van der Waals surface area contributed by atoms with Gasteiger partial charge in [-0.05, 0) is 89.9 Å². The minimum absolute atomic E-state index is 0.0657. The summed E-state index contributed by atoms with van der Waals surface area (Å²) >= 11 is 0. The van der Waals surface area contributed by atoms with E-state index in [0.29, 0.717) is 12.8 Å². The number of phosphoric acid groups is 1. The number of ether oxygens (including phenoxy) is 1. The van der Waals surface area contributed by atoms with Crippen molar-refractivity contribution in [1.82, 2.24) is 5.32 Å². The molecule has 9 nitrogen and oxygen atoms in total. The lowest BCUT2D eigenvalue weighted by molar-refractivity contribution is -0.147. The number of rotatable bonds is 39. The number of carbonyl (C=O) groups is 2. The molecule has 0 radical (unpaired) electrons. The molecule has 57 heavy (non-hydrogen) atoms. The maximum atomic E-state index is 12.1. The van der Waals surface area contributed by atoms with Crippen molar-refractivity contribution in [2.45, 2.75) is 161 Å². The summed E-state index contributed by atoms with van der Waals surface area (Å²) in [5.41, 5.74) is 0. The minimum atomic E-state index is -4.44. The summed E-state index contributed by atoms with van der Waals surface area (Å²) < 4.78 is 26.9. The molecule has 0 aromatic heterocycles. The standard InChI is InChI=1S/C47H78NO8P/c1-3-5-7-9-11-13-15-17-19-21-22-24-26-28-30-32-34-36-38-40-47(51)54-43-45(49)44-56-57(52,53)55-42-41-48-46(50)39-37-35-33-31-29-27-25-23-20-18-16-14-12-10-8-6-4-2/h5-8,11-14,17-20,22,24,28,30,45,49H,3-4,9-10,15-16,21,23,25-27,29,31-44H2,1-2H3,(H,48,50)(H,52,53)/b7-5-,8-6-,13-11-,14-12-,19-17-,20-18-,24-22-,30-28-. The topological polar surface area (TPSA) is 131 Å². The van der Waals surface area contributed by atoms with Crippen LogP contribution in [-0.2, 0) is 27.9 Å². The van der Waals surface area contributed by atoms with Gasteiger partial charge in [-0.15, -0.1) is 0 Å². The first-order valence-electron chi connectivity index (χ1n) is 21.7. The molecule has 0 spiro atoms.